The minimum absolute atomic E-state index is 0.128. The summed E-state index contributed by atoms with van der Waals surface area (Å²) in [6.45, 7) is 5.84. The lowest BCUT2D eigenvalue weighted by atomic mass is 10.0. The fourth-order valence-corrected chi connectivity index (χ4v) is 2.58. The summed E-state index contributed by atoms with van der Waals surface area (Å²) >= 11 is 5.91. The van der Waals surface area contributed by atoms with E-state index in [9.17, 15) is 4.39 Å². The van der Waals surface area contributed by atoms with Gasteiger partial charge in [0.1, 0.15) is 11.6 Å². The van der Waals surface area contributed by atoms with Gasteiger partial charge < -0.3 is 9.88 Å². The standard InChI is InChI=1S/C16H21ClFN3/c1-3-8-19-14(11-15-20-9-10-21(15)4-2)12-6-5-7-13(17)16(12)18/h5-7,9-10,14,19H,3-4,8,11H2,1-2H3. The van der Waals surface area contributed by atoms with Gasteiger partial charge in [-0.15, -0.1) is 0 Å². The Kier molecular flexibility index (Phi) is 5.76. The first-order valence-electron chi connectivity index (χ1n) is 7.34. The monoisotopic (exact) mass is 309 g/mol. The molecule has 1 unspecified atom stereocenters. The zero-order valence-electron chi connectivity index (χ0n) is 12.4. The number of imidazole rings is 1. The van der Waals surface area contributed by atoms with E-state index < -0.39 is 0 Å². The van der Waals surface area contributed by atoms with Gasteiger partial charge in [0.15, 0.2) is 0 Å². The van der Waals surface area contributed by atoms with Gasteiger partial charge in [-0.05, 0) is 26.0 Å². The van der Waals surface area contributed by atoms with Crippen LogP contribution in [0.5, 0.6) is 0 Å². The van der Waals surface area contributed by atoms with Crippen LogP contribution in [0.2, 0.25) is 5.02 Å². The molecule has 0 radical (unpaired) electrons. The number of aryl methyl sites for hydroxylation is 1. The topological polar surface area (TPSA) is 29.9 Å². The largest absolute Gasteiger partial charge is 0.335 e. The third-order valence-electron chi connectivity index (χ3n) is 3.53. The maximum absolute atomic E-state index is 14.3. The molecular formula is C16H21ClFN3. The molecule has 0 spiro atoms. The van der Waals surface area contributed by atoms with Gasteiger partial charge in [0, 0.05) is 37.0 Å². The van der Waals surface area contributed by atoms with E-state index in [1.807, 2.05) is 6.20 Å². The molecule has 1 heterocycles. The molecule has 21 heavy (non-hydrogen) atoms. The van der Waals surface area contributed by atoms with Gasteiger partial charge in [-0.25, -0.2) is 9.37 Å². The molecule has 0 saturated carbocycles. The number of nitrogens with zero attached hydrogens (tertiary/aromatic N) is 2. The minimum atomic E-state index is -0.345. The number of aromatic nitrogens is 2. The Bertz CT molecular complexity index is 583. The Morgan fingerprint density at radius 3 is 2.90 bits per heavy atom. The van der Waals surface area contributed by atoms with Crippen LogP contribution in [0.25, 0.3) is 0 Å². The van der Waals surface area contributed by atoms with Crippen molar-refractivity contribution >= 4 is 11.6 Å². The van der Waals surface area contributed by atoms with Crippen LogP contribution in [-0.4, -0.2) is 16.1 Å². The van der Waals surface area contributed by atoms with Crippen LogP contribution < -0.4 is 5.32 Å². The van der Waals surface area contributed by atoms with Crippen LogP contribution in [0.4, 0.5) is 4.39 Å². The molecule has 0 aliphatic carbocycles. The van der Waals surface area contributed by atoms with Crippen molar-refractivity contribution in [2.45, 2.75) is 39.3 Å². The molecule has 0 amide bonds. The molecule has 0 aliphatic rings. The van der Waals surface area contributed by atoms with Crippen molar-refractivity contribution in [2.24, 2.45) is 0 Å². The lowest BCUT2D eigenvalue weighted by molar-refractivity contribution is 0.481. The Hall–Kier alpha value is -1.39. The van der Waals surface area contributed by atoms with Crippen molar-refractivity contribution in [1.82, 2.24) is 14.9 Å². The summed E-state index contributed by atoms with van der Waals surface area (Å²) in [6, 6.07) is 5.02. The van der Waals surface area contributed by atoms with Crippen LogP contribution in [-0.2, 0) is 13.0 Å². The molecule has 1 N–H and O–H groups in total. The Labute approximate surface area is 130 Å². The molecule has 3 nitrogen and oxygen atoms in total. The normalized spacial score (nSPS) is 12.6. The summed E-state index contributed by atoms with van der Waals surface area (Å²) in [7, 11) is 0. The highest BCUT2D eigenvalue weighted by Crippen LogP contribution is 2.25. The summed E-state index contributed by atoms with van der Waals surface area (Å²) in [5, 5.41) is 3.55. The fraction of sp³-hybridized carbons (Fsp3) is 0.438. The average Bonchev–Trinajstić information content (AvgIpc) is 2.93. The van der Waals surface area contributed by atoms with E-state index in [1.54, 1.807) is 24.4 Å². The first-order chi connectivity index (χ1) is 10.2. The number of halogens is 2. The lowest BCUT2D eigenvalue weighted by Gasteiger charge is -2.20. The lowest BCUT2D eigenvalue weighted by Crippen LogP contribution is -2.26. The molecular weight excluding hydrogens is 289 g/mol. The third kappa shape index (κ3) is 3.83. The molecule has 0 fully saturated rings. The molecule has 1 aromatic heterocycles. The van der Waals surface area contributed by atoms with Gasteiger partial charge in [0.05, 0.1) is 5.02 Å². The molecule has 1 aromatic carbocycles. The average molecular weight is 310 g/mol. The molecule has 5 heteroatoms. The number of nitrogens with one attached hydrogen (secondary N) is 1. The molecule has 114 valence electrons. The van der Waals surface area contributed by atoms with Gasteiger partial charge in [-0.3, -0.25) is 0 Å². The van der Waals surface area contributed by atoms with Gasteiger partial charge in [-0.2, -0.15) is 0 Å². The zero-order chi connectivity index (χ0) is 15.2. The highest BCUT2D eigenvalue weighted by Gasteiger charge is 2.19. The molecule has 2 aromatic rings. The van der Waals surface area contributed by atoms with Crippen molar-refractivity contribution in [1.29, 1.82) is 0 Å². The van der Waals surface area contributed by atoms with Crippen LogP contribution >= 0.6 is 11.6 Å². The van der Waals surface area contributed by atoms with Crippen LogP contribution in [0, 0.1) is 5.82 Å². The minimum Gasteiger partial charge on any atom is -0.335 e. The second kappa shape index (κ2) is 7.57. The van der Waals surface area contributed by atoms with E-state index in [0.717, 1.165) is 25.3 Å². The van der Waals surface area contributed by atoms with Gasteiger partial charge in [-0.1, -0.05) is 30.7 Å². The van der Waals surface area contributed by atoms with Crippen molar-refractivity contribution in [3.05, 3.63) is 52.8 Å². The highest BCUT2D eigenvalue weighted by atomic mass is 35.5. The zero-order valence-corrected chi connectivity index (χ0v) is 13.2. The number of benzene rings is 1. The molecule has 0 aliphatic heterocycles. The Balaban J connectivity index is 2.28. The highest BCUT2D eigenvalue weighted by molar-refractivity contribution is 6.30. The summed E-state index contributed by atoms with van der Waals surface area (Å²) < 4.78 is 16.4. The first kappa shape index (κ1) is 16.0. The summed E-state index contributed by atoms with van der Waals surface area (Å²) in [6.07, 6.45) is 5.35. The number of hydrogen-bond acceptors (Lipinski definition) is 2. The van der Waals surface area contributed by atoms with E-state index >= 15 is 0 Å². The smallest absolute Gasteiger partial charge is 0.146 e. The summed E-state index contributed by atoms with van der Waals surface area (Å²) in [5.74, 6) is 0.604. The summed E-state index contributed by atoms with van der Waals surface area (Å²) in [5.41, 5.74) is 0.599. The maximum Gasteiger partial charge on any atom is 0.146 e. The van der Waals surface area contributed by atoms with E-state index in [0.29, 0.717) is 12.0 Å². The van der Waals surface area contributed by atoms with Crippen LogP contribution in [0.1, 0.15) is 37.7 Å². The second-order valence-electron chi connectivity index (χ2n) is 4.98. The second-order valence-corrected chi connectivity index (χ2v) is 5.39. The van der Waals surface area contributed by atoms with E-state index in [2.05, 4.69) is 28.7 Å². The summed E-state index contributed by atoms with van der Waals surface area (Å²) in [4.78, 5) is 4.38. The van der Waals surface area contributed by atoms with E-state index in [4.69, 9.17) is 11.6 Å². The first-order valence-corrected chi connectivity index (χ1v) is 7.72. The van der Waals surface area contributed by atoms with Crippen LogP contribution in [0.3, 0.4) is 0 Å². The molecule has 0 bridgehead atoms. The van der Waals surface area contributed by atoms with Gasteiger partial charge in [0.25, 0.3) is 0 Å². The number of rotatable bonds is 7. The van der Waals surface area contributed by atoms with Crippen molar-refractivity contribution < 1.29 is 4.39 Å². The maximum atomic E-state index is 14.3. The fourth-order valence-electron chi connectivity index (χ4n) is 2.40. The van der Waals surface area contributed by atoms with Gasteiger partial charge in [0.2, 0.25) is 0 Å². The Morgan fingerprint density at radius 2 is 2.19 bits per heavy atom. The number of hydrogen-bond donors (Lipinski definition) is 1. The van der Waals surface area contributed by atoms with Gasteiger partial charge >= 0.3 is 0 Å². The van der Waals surface area contributed by atoms with Crippen molar-refractivity contribution in [3.63, 3.8) is 0 Å². The third-order valence-corrected chi connectivity index (χ3v) is 3.82. The quantitative estimate of drug-likeness (QED) is 0.838. The van der Waals surface area contributed by atoms with E-state index in [1.165, 1.54) is 0 Å². The molecule has 0 saturated heterocycles. The predicted molar refractivity (Wildman–Crippen MR) is 84.0 cm³/mol. The Morgan fingerprint density at radius 1 is 1.38 bits per heavy atom. The van der Waals surface area contributed by atoms with Crippen LogP contribution in [0.15, 0.2) is 30.6 Å². The molecule has 1 atom stereocenters. The van der Waals surface area contributed by atoms with Crippen molar-refractivity contribution in [3.8, 4) is 0 Å². The predicted octanol–water partition coefficient (Wildman–Crippen LogP) is 3.98. The van der Waals surface area contributed by atoms with E-state index in [-0.39, 0.29) is 16.9 Å². The molecule has 2 rings (SSSR count). The van der Waals surface area contributed by atoms with Crippen molar-refractivity contribution in [2.75, 3.05) is 6.54 Å². The SMILES string of the molecule is CCCNC(Cc1nccn1CC)c1cccc(Cl)c1F.